The Labute approximate surface area is 179 Å². The average molecular weight is 433 g/mol. The fourth-order valence-electron chi connectivity index (χ4n) is 4.22. The summed E-state index contributed by atoms with van der Waals surface area (Å²) in [5.74, 6) is -2.12. The van der Waals surface area contributed by atoms with Gasteiger partial charge in [-0.3, -0.25) is 19.4 Å². The smallest absolute Gasteiger partial charge is 0.301 e. The molecule has 0 aliphatic heterocycles. The van der Waals surface area contributed by atoms with Gasteiger partial charge in [0.1, 0.15) is 0 Å². The summed E-state index contributed by atoms with van der Waals surface area (Å²) in [5, 5.41) is 10.2. The van der Waals surface area contributed by atoms with Gasteiger partial charge in [0.2, 0.25) is 0 Å². The zero-order chi connectivity index (χ0) is 22.2. The van der Waals surface area contributed by atoms with Crippen molar-refractivity contribution in [2.24, 2.45) is 12.8 Å². The van der Waals surface area contributed by atoms with Crippen molar-refractivity contribution in [2.45, 2.75) is 51.7 Å². The molecule has 3 rings (SSSR count). The molecule has 1 aliphatic rings. The van der Waals surface area contributed by atoms with Crippen LogP contribution in [-0.2, 0) is 11.8 Å². The van der Waals surface area contributed by atoms with Crippen LogP contribution >= 0.6 is 11.6 Å². The molecule has 160 valence electrons. The van der Waals surface area contributed by atoms with Gasteiger partial charge in [-0.2, -0.15) is 0 Å². The fraction of sp³-hybridized carbons (Fsp3) is 0.429. The van der Waals surface area contributed by atoms with Gasteiger partial charge in [0.05, 0.1) is 34.3 Å². The Hall–Kier alpha value is -2.71. The molecule has 30 heavy (non-hydrogen) atoms. The van der Waals surface area contributed by atoms with E-state index in [1.165, 1.54) is 21.9 Å². The monoisotopic (exact) mass is 432 g/mol. The number of nitrogens with zero attached hydrogens (tertiary/aromatic N) is 3. The molecule has 9 heteroatoms. The molecule has 3 N–H and O–H groups in total. The maximum absolute atomic E-state index is 13.4. The van der Waals surface area contributed by atoms with E-state index in [9.17, 15) is 19.5 Å². The standard InChI is InChI=1S/C21H25ClN4O4/c1-11-17(20(23)29)12(2)25(3)18(11)19(28)21(30)26(14-4-6-16(27)7-5-14)15-8-13(22)9-24-10-15/h8-10,14,16,27H,4-7H2,1-3H3,(H2,23,29). The fourth-order valence-corrected chi connectivity index (χ4v) is 4.38. The van der Waals surface area contributed by atoms with Crippen LogP contribution in [0.25, 0.3) is 0 Å². The molecule has 2 aromatic heterocycles. The van der Waals surface area contributed by atoms with E-state index in [0.717, 1.165) is 0 Å². The van der Waals surface area contributed by atoms with Crippen molar-refractivity contribution >= 4 is 34.9 Å². The summed E-state index contributed by atoms with van der Waals surface area (Å²) in [4.78, 5) is 44.1. The predicted molar refractivity (Wildman–Crippen MR) is 113 cm³/mol. The Balaban J connectivity index is 2.04. The number of hydrogen-bond acceptors (Lipinski definition) is 5. The molecule has 0 aromatic carbocycles. The lowest BCUT2D eigenvalue weighted by Crippen LogP contribution is -2.47. The molecule has 0 unspecified atom stereocenters. The van der Waals surface area contributed by atoms with E-state index >= 15 is 0 Å². The van der Waals surface area contributed by atoms with Crippen molar-refractivity contribution in [3.8, 4) is 0 Å². The largest absolute Gasteiger partial charge is 0.393 e. The Morgan fingerprint density at radius 2 is 1.83 bits per heavy atom. The summed E-state index contributed by atoms with van der Waals surface area (Å²) in [6.07, 6.45) is 4.68. The third-order valence-electron chi connectivity index (χ3n) is 5.81. The highest BCUT2D eigenvalue weighted by molar-refractivity contribution is 6.47. The number of hydrogen-bond donors (Lipinski definition) is 2. The highest BCUT2D eigenvalue weighted by Gasteiger charge is 2.36. The van der Waals surface area contributed by atoms with Crippen molar-refractivity contribution in [1.29, 1.82) is 0 Å². The van der Waals surface area contributed by atoms with E-state index in [4.69, 9.17) is 17.3 Å². The van der Waals surface area contributed by atoms with Crippen LogP contribution in [0.2, 0.25) is 5.02 Å². The molecule has 0 atom stereocenters. The normalized spacial score (nSPS) is 18.8. The van der Waals surface area contributed by atoms with Crippen molar-refractivity contribution in [2.75, 3.05) is 4.90 Å². The number of Topliss-reactive ketones (excluding diaryl/α,β-unsaturated/α-hetero) is 1. The number of aromatic nitrogens is 2. The summed E-state index contributed by atoms with van der Waals surface area (Å²) in [6.45, 7) is 3.28. The number of rotatable bonds is 5. The molecule has 2 amide bonds. The number of anilines is 1. The van der Waals surface area contributed by atoms with E-state index in [-0.39, 0.29) is 17.3 Å². The van der Waals surface area contributed by atoms with Crippen LogP contribution in [0.3, 0.4) is 0 Å². The van der Waals surface area contributed by atoms with Crippen molar-refractivity contribution < 1.29 is 19.5 Å². The van der Waals surface area contributed by atoms with Gasteiger partial charge in [-0.15, -0.1) is 0 Å². The molecule has 0 spiro atoms. The lowest BCUT2D eigenvalue weighted by Gasteiger charge is -2.35. The lowest BCUT2D eigenvalue weighted by molar-refractivity contribution is -0.115. The third kappa shape index (κ3) is 3.97. The molecule has 1 saturated carbocycles. The number of halogens is 1. The third-order valence-corrected chi connectivity index (χ3v) is 6.01. The minimum atomic E-state index is -0.739. The van der Waals surface area contributed by atoms with E-state index in [1.54, 1.807) is 27.0 Å². The van der Waals surface area contributed by atoms with Gasteiger partial charge in [0.15, 0.2) is 0 Å². The molecule has 1 aliphatic carbocycles. The zero-order valence-electron chi connectivity index (χ0n) is 17.2. The van der Waals surface area contributed by atoms with Crippen molar-refractivity contribution in [3.05, 3.63) is 46.0 Å². The van der Waals surface area contributed by atoms with Crippen LogP contribution < -0.4 is 10.6 Å². The van der Waals surface area contributed by atoms with E-state index in [0.29, 0.717) is 47.7 Å². The quantitative estimate of drug-likeness (QED) is 0.555. The number of pyridine rings is 1. The second-order valence-electron chi connectivity index (χ2n) is 7.69. The Bertz CT molecular complexity index is 1010. The lowest BCUT2D eigenvalue weighted by atomic mass is 9.91. The van der Waals surface area contributed by atoms with Crippen LogP contribution in [0.4, 0.5) is 5.69 Å². The summed E-state index contributed by atoms with van der Waals surface area (Å²) < 4.78 is 1.52. The van der Waals surface area contributed by atoms with E-state index in [1.807, 2.05) is 0 Å². The van der Waals surface area contributed by atoms with Gasteiger partial charge in [0.25, 0.3) is 11.7 Å². The first-order chi connectivity index (χ1) is 14.1. The molecule has 0 saturated heterocycles. The van der Waals surface area contributed by atoms with Gasteiger partial charge in [-0.25, -0.2) is 0 Å². The van der Waals surface area contributed by atoms with Crippen LogP contribution in [0.5, 0.6) is 0 Å². The van der Waals surface area contributed by atoms with Crippen LogP contribution in [-0.4, -0.2) is 44.4 Å². The number of ketones is 1. The van der Waals surface area contributed by atoms with Gasteiger partial charge in [-0.05, 0) is 51.2 Å². The molecule has 0 radical (unpaired) electrons. The summed E-state index contributed by atoms with van der Waals surface area (Å²) >= 11 is 6.08. The summed E-state index contributed by atoms with van der Waals surface area (Å²) in [7, 11) is 1.62. The topological polar surface area (TPSA) is 119 Å². The maximum atomic E-state index is 13.4. The number of primary amides is 1. The predicted octanol–water partition coefficient (Wildman–Crippen LogP) is 2.31. The highest BCUT2D eigenvalue weighted by atomic mass is 35.5. The second kappa shape index (κ2) is 8.57. The van der Waals surface area contributed by atoms with E-state index < -0.39 is 23.7 Å². The summed E-state index contributed by atoms with van der Waals surface area (Å²) in [5.41, 5.74) is 7.15. The number of nitrogens with two attached hydrogens (primary N) is 1. The van der Waals surface area contributed by atoms with Crippen LogP contribution in [0, 0.1) is 13.8 Å². The van der Waals surface area contributed by atoms with Gasteiger partial charge in [-0.1, -0.05) is 11.6 Å². The first kappa shape index (κ1) is 22.0. The van der Waals surface area contributed by atoms with Gasteiger partial charge < -0.3 is 20.3 Å². The molecular weight excluding hydrogens is 408 g/mol. The van der Waals surface area contributed by atoms with Gasteiger partial charge >= 0.3 is 5.91 Å². The number of aliphatic hydroxyl groups excluding tert-OH is 1. The van der Waals surface area contributed by atoms with E-state index in [2.05, 4.69) is 4.98 Å². The first-order valence-electron chi connectivity index (χ1n) is 9.75. The summed E-state index contributed by atoms with van der Waals surface area (Å²) in [6, 6.07) is 1.31. The van der Waals surface area contributed by atoms with Crippen LogP contribution in [0.1, 0.15) is 57.8 Å². The van der Waals surface area contributed by atoms with Gasteiger partial charge in [0, 0.05) is 25.0 Å². The van der Waals surface area contributed by atoms with Crippen molar-refractivity contribution in [1.82, 2.24) is 9.55 Å². The number of amides is 2. The Morgan fingerprint density at radius 1 is 1.20 bits per heavy atom. The molecular formula is C21H25ClN4O4. The average Bonchev–Trinajstić information content (AvgIpc) is 2.91. The Morgan fingerprint density at radius 3 is 2.37 bits per heavy atom. The SMILES string of the molecule is Cc1c(C(N)=O)c(C)n(C)c1C(=O)C(=O)N(c1cncc(Cl)c1)C1CCC(O)CC1. The van der Waals surface area contributed by atoms with Crippen LogP contribution in [0.15, 0.2) is 18.5 Å². The molecule has 2 aromatic rings. The molecule has 2 heterocycles. The minimum absolute atomic E-state index is 0.127. The zero-order valence-corrected chi connectivity index (χ0v) is 17.9. The van der Waals surface area contributed by atoms with Crippen molar-refractivity contribution in [3.63, 3.8) is 0 Å². The molecule has 8 nitrogen and oxygen atoms in total. The number of aliphatic hydroxyl groups is 1. The first-order valence-corrected chi connectivity index (χ1v) is 10.1. The molecule has 1 fully saturated rings. The maximum Gasteiger partial charge on any atom is 0.301 e. The Kier molecular flexibility index (Phi) is 6.28. The number of carbonyl (C=O) groups excluding carboxylic acids is 3. The number of carbonyl (C=O) groups is 3. The highest BCUT2D eigenvalue weighted by Crippen LogP contribution is 2.30. The molecule has 0 bridgehead atoms. The minimum Gasteiger partial charge on any atom is -0.393 e. The second-order valence-corrected chi connectivity index (χ2v) is 8.12.